The van der Waals surface area contributed by atoms with Gasteiger partial charge >= 0.3 is 0 Å². The Kier molecular flexibility index (Phi) is 3.05. The van der Waals surface area contributed by atoms with E-state index in [0.717, 1.165) is 12.1 Å². The third-order valence-electron chi connectivity index (χ3n) is 4.00. The van der Waals surface area contributed by atoms with Crippen molar-refractivity contribution in [3.8, 4) is 0 Å². The highest BCUT2D eigenvalue weighted by Crippen LogP contribution is 2.36. The Morgan fingerprint density at radius 2 is 2.16 bits per heavy atom. The quantitative estimate of drug-likeness (QED) is 0.892. The van der Waals surface area contributed by atoms with Gasteiger partial charge in [-0.05, 0) is 50.3 Å². The van der Waals surface area contributed by atoms with Gasteiger partial charge < -0.3 is 5.32 Å². The summed E-state index contributed by atoms with van der Waals surface area (Å²) in [7, 11) is 2.04. The van der Waals surface area contributed by atoms with E-state index in [4.69, 9.17) is 0 Å². The van der Waals surface area contributed by atoms with Crippen molar-refractivity contribution in [2.45, 2.75) is 38.6 Å². The van der Waals surface area contributed by atoms with Crippen LogP contribution in [-0.2, 0) is 13.5 Å². The van der Waals surface area contributed by atoms with Crippen molar-refractivity contribution < 1.29 is 0 Å². The summed E-state index contributed by atoms with van der Waals surface area (Å²) < 4.78 is 2.02. The molecule has 19 heavy (non-hydrogen) atoms. The van der Waals surface area contributed by atoms with Gasteiger partial charge in [-0.25, -0.2) is 0 Å². The van der Waals surface area contributed by atoms with Crippen molar-refractivity contribution in [2.75, 3.05) is 5.32 Å². The summed E-state index contributed by atoms with van der Waals surface area (Å²) >= 11 is 0. The first-order valence-electron chi connectivity index (χ1n) is 6.98. The number of aryl methyl sites for hydroxylation is 2. The van der Waals surface area contributed by atoms with Crippen LogP contribution in [0.25, 0.3) is 0 Å². The van der Waals surface area contributed by atoms with Crippen molar-refractivity contribution in [1.82, 2.24) is 9.78 Å². The van der Waals surface area contributed by atoms with Crippen LogP contribution in [0.1, 0.15) is 36.2 Å². The molecule has 0 aliphatic carbocycles. The highest BCUT2D eigenvalue weighted by molar-refractivity contribution is 5.55. The monoisotopic (exact) mass is 255 g/mol. The number of fused-ring (bicyclic) bond motifs is 1. The minimum atomic E-state index is 0.536. The molecule has 100 valence electrons. The summed E-state index contributed by atoms with van der Waals surface area (Å²) in [5.74, 6) is 0.585. The summed E-state index contributed by atoms with van der Waals surface area (Å²) in [6.07, 6.45) is 2.25. The van der Waals surface area contributed by atoms with Gasteiger partial charge in [0.05, 0.1) is 5.69 Å². The fourth-order valence-corrected chi connectivity index (χ4v) is 3.16. The second kappa shape index (κ2) is 4.72. The molecule has 0 amide bonds. The molecule has 2 unspecified atom stereocenters. The van der Waals surface area contributed by atoms with Crippen LogP contribution in [0.15, 0.2) is 30.3 Å². The first-order valence-corrected chi connectivity index (χ1v) is 6.98. The largest absolute Gasteiger partial charge is 0.382 e. The third-order valence-corrected chi connectivity index (χ3v) is 4.00. The number of para-hydroxylation sites is 1. The van der Waals surface area contributed by atoms with E-state index >= 15 is 0 Å². The first kappa shape index (κ1) is 12.3. The first-order chi connectivity index (χ1) is 9.13. The summed E-state index contributed by atoms with van der Waals surface area (Å²) in [6, 6.07) is 11.4. The number of anilines is 1. The molecule has 1 aromatic heterocycles. The van der Waals surface area contributed by atoms with Crippen molar-refractivity contribution in [1.29, 1.82) is 0 Å². The maximum Gasteiger partial charge on any atom is 0.0596 e. The number of hydrogen-bond acceptors (Lipinski definition) is 2. The van der Waals surface area contributed by atoms with Gasteiger partial charge in [-0.1, -0.05) is 18.2 Å². The molecule has 2 atom stereocenters. The van der Waals surface area contributed by atoms with Gasteiger partial charge in [-0.15, -0.1) is 0 Å². The molecule has 0 saturated heterocycles. The normalized spacial score (nSPS) is 21.8. The molecule has 1 N–H and O–H groups in total. The van der Waals surface area contributed by atoms with Crippen LogP contribution in [0.2, 0.25) is 0 Å². The lowest BCUT2D eigenvalue weighted by atomic mass is 9.84. The van der Waals surface area contributed by atoms with Gasteiger partial charge in [0.2, 0.25) is 0 Å². The van der Waals surface area contributed by atoms with Gasteiger partial charge in [0, 0.05) is 24.5 Å². The lowest BCUT2D eigenvalue weighted by Gasteiger charge is -2.31. The SMILES string of the molecule is Cc1cc(CC2CC(C)Nc3ccccc32)n(C)n1. The molecule has 1 aliphatic rings. The fourth-order valence-electron chi connectivity index (χ4n) is 3.16. The van der Waals surface area contributed by atoms with E-state index in [0.29, 0.717) is 12.0 Å². The molecular formula is C16H21N3. The maximum absolute atomic E-state index is 4.45. The second-order valence-corrected chi connectivity index (χ2v) is 5.67. The van der Waals surface area contributed by atoms with E-state index in [9.17, 15) is 0 Å². The maximum atomic E-state index is 4.45. The van der Waals surface area contributed by atoms with Crippen molar-refractivity contribution in [3.63, 3.8) is 0 Å². The number of benzene rings is 1. The molecule has 1 aliphatic heterocycles. The number of hydrogen-bond donors (Lipinski definition) is 1. The van der Waals surface area contributed by atoms with Crippen molar-refractivity contribution in [2.24, 2.45) is 7.05 Å². The fraction of sp³-hybridized carbons (Fsp3) is 0.438. The molecule has 0 bridgehead atoms. The Morgan fingerprint density at radius 3 is 2.89 bits per heavy atom. The average Bonchev–Trinajstić information content (AvgIpc) is 2.67. The Bertz CT molecular complexity index is 585. The van der Waals surface area contributed by atoms with E-state index in [1.54, 1.807) is 0 Å². The van der Waals surface area contributed by atoms with E-state index < -0.39 is 0 Å². The van der Waals surface area contributed by atoms with Crippen LogP contribution in [0.4, 0.5) is 5.69 Å². The van der Waals surface area contributed by atoms with Crippen molar-refractivity contribution in [3.05, 3.63) is 47.3 Å². The van der Waals surface area contributed by atoms with Crippen LogP contribution in [0.5, 0.6) is 0 Å². The topological polar surface area (TPSA) is 29.9 Å². The zero-order chi connectivity index (χ0) is 13.4. The van der Waals surface area contributed by atoms with Crippen LogP contribution in [0, 0.1) is 6.92 Å². The predicted octanol–water partition coefficient (Wildman–Crippen LogP) is 3.26. The minimum absolute atomic E-state index is 0.536. The molecule has 3 rings (SSSR count). The molecule has 2 aromatic rings. The van der Waals surface area contributed by atoms with Gasteiger partial charge in [0.1, 0.15) is 0 Å². The van der Waals surface area contributed by atoms with E-state index in [2.05, 4.69) is 54.6 Å². The highest BCUT2D eigenvalue weighted by Gasteiger charge is 2.24. The Labute approximate surface area is 114 Å². The Hall–Kier alpha value is -1.77. The smallest absolute Gasteiger partial charge is 0.0596 e. The van der Waals surface area contributed by atoms with Crippen molar-refractivity contribution >= 4 is 5.69 Å². The van der Waals surface area contributed by atoms with E-state index in [-0.39, 0.29) is 0 Å². The highest BCUT2D eigenvalue weighted by atomic mass is 15.3. The van der Waals surface area contributed by atoms with E-state index in [1.807, 2.05) is 11.7 Å². The predicted molar refractivity (Wildman–Crippen MR) is 78.5 cm³/mol. The molecular weight excluding hydrogens is 234 g/mol. The number of aromatic nitrogens is 2. The third kappa shape index (κ3) is 2.37. The summed E-state index contributed by atoms with van der Waals surface area (Å²) in [6.45, 7) is 4.32. The van der Waals surface area contributed by atoms with Crippen LogP contribution >= 0.6 is 0 Å². The lowest BCUT2D eigenvalue weighted by Crippen LogP contribution is -2.26. The molecule has 0 spiro atoms. The molecule has 3 nitrogen and oxygen atoms in total. The standard InChI is InChI=1S/C16H21N3/c1-11-8-13(10-14-9-12(2)18-19(14)3)15-6-4-5-7-16(15)17-11/h4-7,9,11,13,17H,8,10H2,1-3H3. The van der Waals surface area contributed by atoms with Gasteiger partial charge in [0.15, 0.2) is 0 Å². The summed E-state index contributed by atoms with van der Waals surface area (Å²) in [5, 5.41) is 8.03. The zero-order valence-corrected chi connectivity index (χ0v) is 11.9. The van der Waals surface area contributed by atoms with Gasteiger partial charge in [-0.2, -0.15) is 5.10 Å². The minimum Gasteiger partial charge on any atom is -0.382 e. The van der Waals surface area contributed by atoms with E-state index in [1.165, 1.54) is 23.4 Å². The molecule has 0 radical (unpaired) electrons. The Morgan fingerprint density at radius 1 is 1.37 bits per heavy atom. The lowest BCUT2D eigenvalue weighted by molar-refractivity contribution is 0.533. The average molecular weight is 255 g/mol. The summed E-state index contributed by atoms with van der Waals surface area (Å²) in [5.41, 5.74) is 5.17. The Balaban J connectivity index is 1.91. The molecule has 3 heteroatoms. The molecule has 2 heterocycles. The molecule has 0 fully saturated rings. The zero-order valence-electron chi connectivity index (χ0n) is 11.9. The second-order valence-electron chi connectivity index (χ2n) is 5.67. The van der Waals surface area contributed by atoms with Crippen LogP contribution in [-0.4, -0.2) is 15.8 Å². The molecule has 0 saturated carbocycles. The summed E-state index contributed by atoms with van der Waals surface area (Å²) in [4.78, 5) is 0. The number of nitrogens with one attached hydrogen (secondary N) is 1. The van der Waals surface area contributed by atoms with Crippen LogP contribution < -0.4 is 5.32 Å². The van der Waals surface area contributed by atoms with Crippen LogP contribution in [0.3, 0.4) is 0 Å². The molecule has 1 aromatic carbocycles. The van der Waals surface area contributed by atoms with Gasteiger partial charge in [-0.3, -0.25) is 4.68 Å². The number of nitrogens with zero attached hydrogens (tertiary/aromatic N) is 2. The van der Waals surface area contributed by atoms with Gasteiger partial charge in [0.25, 0.3) is 0 Å². The number of rotatable bonds is 2.